The number of hydrogen-bond acceptors (Lipinski definition) is 5. The average Bonchev–Trinajstić information content (AvgIpc) is 2.60. The fourth-order valence-electron chi connectivity index (χ4n) is 2.35. The van der Waals surface area contributed by atoms with E-state index < -0.39 is 0 Å². The molecule has 0 aliphatic carbocycles. The predicted octanol–water partition coefficient (Wildman–Crippen LogP) is 3.31. The van der Waals surface area contributed by atoms with Crippen molar-refractivity contribution < 1.29 is 9.47 Å². The molecule has 7 heteroatoms. The third-order valence-electron chi connectivity index (χ3n) is 3.56. The largest absolute Gasteiger partial charge is 0.493 e. The minimum atomic E-state index is -0.214. The van der Waals surface area contributed by atoms with Crippen LogP contribution in [0.15, 0.2) is 45.7 Å². The van der Waals surface area contributed by atoms with Crippen LogP contribution < -0.4 is 20.3 Å². The Labute approximate surface area is 147 Å². The molecule has 124 valence electrons. The first-order valence-corrected chi connectivity index (χ1v) is 8.04. The lowest BCUT2D eigenvalue weighted by molar-refractivity contribution is 0.355. The van der Waals surface area contributed by atoms with Crippen molar-refractivity contribution in [3.63, 3.8) is 0 Å². The number of nitrogens with zero attached hydrogens (tertiary/aromatic N) is 1. The van der Waals surface area contributed by atoms with Gasteiger partial charge in [-0.15, -0.1) is 0 Å². The van der Waals surface area contributed by atoms with E-state index >= 15 is 0 Å². The van der Waals surface area contributed by atoms with Crippen molar-refractivity contribution >= 4 is 32.5 Å². The SMILES string of the molecule is COc1cc2nc(CNc3ccc(Br)cc3)[nH]c(=O)c2cc1OC. The van der Waals surface area contributed by atoms with Crippen LogP contribution in [0.5, 0.6) is 11.5 Å². The van der Waals surface area contributed by atoms with E-state index in [4.69, 9.17) is 9.47 Å². The number of methoxy groups -OCH3 is 2. The van der Waals surface area contributed by atoms with Gasteiger partial charge in [0, 0.05) is 16.2 Å². The van der Waals surface area contributed by atoms with Crippen LogP contribution in [-0.2, 0) is 6.54 Å². The Hall–Kier alpha value is -2.54. The zero-order chi connectivity index (χ0) is 17.1. The Bertz CT molecular complexity index is 923. The molecule has 0 unspecified atom stereocenters. The van der Waals surface area contributed by atoms with E-state index in [1.807, 2.05) is 24.3 Å². The Morgan fingerprint density at radius 1 is 1.12 bits per heavy atom. The number of anilines is 1. The highest BCUT2D eigenvalue weighted by molar-refractivity contribution is 9.10. The number of benzene rings is 2. The van der Waals surface area contributed by atoms with Gasteiger partial charge in [-0.25, -0.2) is 4.98 Å². The second-order valence-electron chi connectivity index (χ2n) is 5.10. The Kier molecular flexibility index (Phi) is 4.71. The van der Waals surface area contributed by atoms with Crippen LogP contribution in [0.1, 0.15) is 5.82 Å². The lowest BCUT2D eigenvalue weighted by atomic mass is 10.2. The maximum absolute atomic E-state index is 12.3. The normalized spacial score (nSPS) is 10.6. The van der Waals surface area contributed by atoms with Crippen molar-refractivity contribution in [2.24, 2.45) is 0 Å². The summed E-state index contributed by atoms with van der Waals surface area (Å²) < 4.78 is 11.5. The van der Waals surface area contributed by atoms with Crippen LogP contribution in [-0.4, -0.2) is 24.2 Å². The monoisotopic (exact) mass is 389 g/mol. The van der Waals surface area contributed by atoms with Gasteiger partial charge in [-0.2, -0.15) is 0 Å². The maximum atomic E-state index is 12.3. The minimum Gasteiger partial charge on any atom is -0.493 e. The number of halogens is 1. The van der Waals surface area contributed by atoms with Gasteiger partial charge in [0.1, 0.15) is 5.82 Å². The molecule has 0 aliphatic heterocycles. The fraction of sp³-hybridized carbons (Fsp3) is 0.176. The molecule has 3 rings (SSSR count). The molecule has 2 aromatic carbocycles. The van der Waals surface area contributed by atoms with Gasteiger partial charge in [-0.1, -0.05) is 15.9 Å². The number of fused-ring (bicyclic) bond motifs is 1. The number of aromatic amines is 1. The van der Waals surface area contributed by atoms with E-state index in [0.717, 1.165) is 10.2 Å². The van der Waals surface area contributed by atoms with Gasteiger partial charge in [-0.05, 0) is 30.3 Å². The van der Waals surface area contributed by atoms with Crippen LogP contribution in [0.25, 0.3) is 10.9 Å². The molecule has 2 N–H and O–H groups in total. The van der Waals surface area contributed by atoms with Gasteiger partial charge in [0.2, 0.25) is 0 Å². The molecular formula is C17H16BrN3O3. The van der Waals surface area contributed by atoms with E-state index in [0.29, 0.717) is 34.8 Å². The van der Waals surface area contributed by atoms with Crippen LogP contribution in [0, 0.1) is 0 Å². The summed E-state index contributed by atoms with van der Waals surface area (Å²) in [6.07, 6.45) is 0. The Balaban J connectivity index is 1.92. The molecule has 24 heavy (non-hydrogen) atoms. The number of nitrogens with one attached hydrogen (secondary N) is 2. The zero-order valence-corrected chi connectivity index (χ0v) is 14.8. The second-order valence-corrected chi connectivity index (χ2v) is 6.01. The van der Waals surface area contributed by atoms with Crippen molar-refractivity contribution in [1.29, 1.82) is 0 Å². The molecule has 0 amide bonds. The van der Waals surface area contributed by atoms with E-state index in [1.165, 1.54) is 7.11 Å². The molecule has 0 radical (unpaired) electrons. The first-order chi connectivity index (χ1) is 11.6. The number of aromatic nitrogens is 2. The quantitative estimate of drug-likeness (QED) is 0.699. The van der Waals surface area contributed by atoms with E-state index in [9.17, 15) is 4.79 Å². The van der Waals surface area contributed by atoms with E-state index in [2.05, 4.69) is 31.2 Å². The smallest absolute Gasteiger partial charge is 0.258 e. The Morgan fingerprint density at radius 3 is 2.46 bits per heavy atom. The minimum absolute atomic E-state index is 0.214. The second kappa shape index (κ2) is 6.92. The predicted molar refractivity (Wildman–Crippen MR) is 96.9 cm³/mol. The first kappa shape index (κ1) is 16.3. The van der Waals surface area contributed by atoms with Gasteiger partial charge in [0.05, 0.1) is 31.7 Å². The molecule has 0 saturated heterocycles. The summed E-state index contributed by atoms with van der Waals surface area (Å²) in [7, 11) is 3.08. The van der Waals surface area contributed by atoms with Crippen molar-refractivity contribution in [2.45, 2.75) is 6.54 Å². The summed E-state index contributed by atoms with van der Waals surface area (Å²) in [5.74, 6) is 1.58. The molecule has 6 nitrogen and oxygen atoms in total. The highest BCUT2D eigenvalue weighted by Gasteiger charge is 2.10. The Morgan fingerprint density at radius 2 is 1.79 bits per heavy atom. The topological polar surface area (TPSA) is 76.2 Å². The van der Waals surface area contributed by atoms with Gasteiger partial charge in [0.25, 0.3) is 5.56 Å². The third-order valence-corrected chi connectivity index (χ3v) is 4.09. The molecule has 1 heterocycles. The van der Waals surface area contributed by atoms with Gasteiger partial charge in [0.15, 0.2) is 11.5 Å². The van der Waals surface area contributed by atoms with Crippen molar-refractivity contribution in [3.8, 4) is 11.5 Å². The van der Waals surface area contributed by atoms with Crippen LogP contribution in [0.4, 0.5) is 5.69 Å². The zero-order valence-electron chi connectivity index (χ0n) is 13.2. The lowest BCUT2D eigenvalue weighted by Gasteiger charge is -2.10. The number of H-pyrrole nitrogens is 1. The molecule has 0 aliphatic rings. The maximum Gasteiger partial charge on any atom is 0.258 e. The summed E-state index contributed by atoms with van der Waals surface area (Å²) >= 11 is 3.39. The molecule has 0 saturated carbocycles. The van der Waals surface area contributed by atoms with Crippen molar-refractivity contribution in [3.05, 3.63) is 57.0 Å². The van der Waals surface area contributed by atoms with E-state index in [-0.39, 0.29) is 5.56 Å². The molecule has 0 fully saturated rings. The number of hydrogen-bond donors (Lipinski definition) is 2. The third kappa shape index (κ3) is 3.35. The highest BCUT2D eigenvalue weighted by atomic mass is 79.9. The summed E-state index contributed by atoms with van der Waals surface area (Å²) in [5.41, 5.74) is 1.28. The summed E-state index contributed by atoms with van der Waals surface area (Å²) in [6, 6.07) is 11.1. The summed E-state index contributed by atoms with van der Waals surface area (Å²) in [6.45, 7) is 0.404. The molecule has 0 bridgehead atoms. The standard InChI is InChI=1S/C17H16BrN3O3/c1-23-14-7-12-13(8-15(14)24-2)20-16(21-17(12)22)9-19-11-5-3-10(18)4-6-11/h3-8,19H,9H2,1-2H3,(H,20,21,22). The van der Waals surface area contributed by atoms with Crippen molar-refractivity contribution in [1.82, 2.24) is 9.97 Å². The van der Waals surface area contributed by atoms with Gasteiger partial charge >= 0.3 is 0 Å². The van der Waals surface area contributed by atoms with Gasteiger partial charge in [-0.3, -0.25) is 4.79 Å². The molecule has 0 spiro atoms. The van der Waals surface area contributed by atoms with Crippen LogP contribution in [0.3, 0.4) is 0 Å². The van der Waals surface area contributed by atoms with E-state index in [1.54, 1.807) is 19.2 Å². The molecule has 0 atom stereocenters. The summed E-state index contributed by atoms with van der Waals surface area (Å²) in [5, 5.41) is 3.68. The first-order valence-electron chi connectivity index (χ1n) is 7.25. The fourth-order valence-corrected chi connectivity index (χ4v) is 2.62. The van der Waals surface area contributed by atoms with Crippen LogP contribution >= 0.6 is 15.9 Å². The highest BCUT2D eigenvalue weighted by Crippen LogP contribution is 2.29. The molecule has 1 aromatic heterocycles. The average molecular weight is 390 g/mol. The lowest BCUT2D eigenvalue weighted by Crippen LogP contribution is -2.14. The number of rotatable bonds is 5. The number of ether oxygens (including phenoxy) is 2. The molecule has 3 aromatic rings. The van der Waals surface area contributed by atoms with Crippen molar-refractivity contribution in [2.75, 3.05) is 19.5 Å². The van der Waals surface area contributed by atoms with Crippen LogP contribution in [0.2, 0.25) is 0 Å². The van der Waals surface area contributed by atoms with Gasteiger partial charge < -0.3 is 19.8 Å². The summed E-state index contributed by atoms with van der Waals surface area (Å²) in [4.78, 5) is 19.6. The molecular weight excluding hydrogens is 374 g/mol.